The average Bonchev–Trinajstić information content (AvgIpc) is 3.18. The van der Waals surface area contributed by atoms with Gasteiger partial charge >= 0.3 is 0 Å². The summed E-state index contributed by atoms with van der Waals surface area (Å²) in [5.41, 5.74) is 1.13. The van der Waals surface area contributed by atoms with Crippen LogP contribution < -0.4 is 4.74 Å². The van der Waals surface area contributed by atoms with Crippen molar-refractivity contribution in [2.24, 2.45) is 0 Å². The molecule has 0 spiro atoms. The summed E-state index contributed by atoms with van der Waals surface area (Å²) in [5, 5.41) is 4.23. The minimum atomic E-state index is -4.32. The zero-order valence-corrected chi connectivity index (χ0v) is 18.0. The molecule has 9 nitrogen and oxygen atoms in total. The first kappa shape index (κ1) is 20.0. The Morgan fingerprint density at radius 2 is 2.04 bits per heavy atom. The molecular formula is C16H17N5NaO4S. The predicted octanol–water partition coefficient (Wildman–Crippen LogP) is 1.65. The molecular weight excluding hydrogens is 381 g/mol. The van der Waals surface area contributed by atoms with Crippen molar-refractivity contribution >= 4 is 39.7 Å². The smallest absolute Gasteiger partial charge is 0.294 e. The molecule has 0 bridgehead atoms. The van der Waals surface area contributed by atoms with E-state index in [9.17, 15) is 13.0 Å². The van der Waals surface area contributed by atoms with Gasteiger partial charge in [0.25, 0.3) is 10.1 Å². The van der Waals surface area contributed by atoms with Gasteiger partial charge in [-0.05, 0) is 32.0 Å². The monoisotopic (exact) mass is 398 g/mol. The van der Waals surface area contributed by atoms with Crippen molar-refractivity contribution < 1.29 is 17.7 Å². The molecule has 0 aliphatic carbocycles. The molecule has 1 N–H and O–H groups in total. The molecule has 27 heavy (non-hydrogen) atoms. The van der Waals surface area contributed by atoms with E-state index < -0.39 is 10.1 Å². The van der Waals surface area contributed by atoms with E-state index in [4.69, 9.17) is 4.74 Å². The van der Waals surface area contributed by atoms with Crippen molar-refractivity contribution in [1.29, 1.82) is 0 Å². The Morgan fingerprint density at radius 1 is 1.26 bits per heavy atom. The van der Waals surface area contributed by atoms with Crippen LogP contribution in [-0.2, 0) is 16.7 Å². The van der Waals surface area contributed by atoms with Gasteiger partial charge in [0.05, 0.1) is 17.0 Å². The Hall–Kier alpha value is -1.72. The summed E-state index contributed by atoms with van der Waals surface area (Å²) in [7, 11) is -4.32. The van der Waals surface area contributed by atoms with Gasteiger partial charge in [0.1, 0.15) is 30.2 Å². The molecule has 137 valence electrons. The molecule has 0 unspecified atom stereocenters. The minimum Gasteiger partial charge on any atom is -0.491 e. The zero-order chi connectivity index (χ0) is 18.5. The van der Waals surface area contributed by atoms with E-state index in [0.717, 1.165) is 0 Å². The molecule has 0 saturated heterocycles. The third-order valence-corrected chi connectivity index (χ3v) is 5.00. The number of hydrogen-bond acceptors (Lipinski definition) is 6. The summed E-state index contributed by atoms with van der Waals surface area (Å²) in [6, 6.07) is 4.32. The second-order valence-electron chi connectivity index (χ2n) is 6.25. The fourth-order valence-electron chi connectivity index (χ4n) is 2.94. The summed E-state index contributed by atoms with van der Waals surface area (Å²) in [6.45, 7) is 4.97. The van der Waals surface area contributed by atoms with Crippen molar-refractivity contribution in [2.75, 3.05) is 6.61 Å². The van der Waals surface area contributed by atoms with E-state index in [1.54, 1.807) is 4.68 Å². The van der Waals surface area contributed by atoms with Crippen molar-refractivity contribution in [1.82, 2.24) is 24.3 Å². The van der Waals surface area contributed by atoms with Crippen LogP contribution in [0.25, 0.3) is 22.9 Å². The maximum absolute atomic E-state index is 11.5. The summed E-state index contributed by atoms with van der Waals surface area (Å²) in [5.74, 6) is 1.70. The Morgan fingerprint density at radius 3 is 2.74 bits per heavy atom. The SMILES string of the molecule is CC(C)n1ncnc1-c1cn2c(n1)-c1cc(S(=O)(=O)O)ccc1OCC2.[Na]. The number of aromatic nitrogens is 5. The molecule has 1 aliphatic rings. The molecule has 0 amide bonds. The number of fused-ring (bicyclic) bond motifs is 3. The zero-order valence-electron chi connectivity index (χ0n) is 15.2. The fraction of sp³-hybridized carbons (Fsp3) is 0.312. The van der Waals surface area contributed by atoms with Crippen LogP contribution in [0.3, 0.4) is 0 Å². The third-order valence-electron chi connectivity index (χ3n) is 4.15. The first-order valence-electron chi connectivity index (χ1n) is 8.06. The molecule has 1 aliphatic heterocycles. The number of benzene rings is 1. The van der Waals surface area contributed by atoms with Crippen LogP contribution in [-0.4, -0.2) is 73.5 Å². The Bertz CT molecular complexity index is 1090. The van der Waals surface area contributed by atoms with Crippen LogP contribution in [0.15, 0.2) is 35.6 Å². The number of hydrogen-bond donors (Lipinski definition) is 1. The maximum Gasteiger partial charge on any atom is 0.294 e. The average molecular weight is 398 g/mol. The van der Waals surface area contributed by atoms with E-state index in [-0.39, 0.29) is 40.5 Å². The van der Waals surface area contributed by atoms with E-state index >= 15 is 0 Å². The maximum atomic E-state index is 11.5. The van der Waals surface area contributed by atoms with E-state index in [1.165, 1.54) is 24.5 Å². The Labute approximate surface area is 178 Å². The molecule has 1 radical (unpaired) electrons. The first-order chi connectivity index (χ1) is 12.3. The number of imidazole rings is 1. The van der Waals surface area contributed by atoms with Crippen LogP contribution in [0, 0.1) is 0 Å². The Kier molecular flexibility index (Phi) is 5.46. The number of ether oxygens (including phenoxy) is 1. The number of rotatable bonds is 3. The van der Waals surface area contributed by atoms with Gasteiger partial charge in [-0.3, -0.25) is 4.55 Å². The van der Waals surface area contributed by atoms with Gasteiger partial charge in [-0.1, -0.05) is 0 Å². The largest absolute Gasteiger partial charge is 0.491 e. The second kappa shape index (κ2) is 7.36. The standard InChI is InChI=1S/C16H17N5O4S.Na/c1-10(2)21-16(17-9-18-21)13-8-20-5-6-25-14-4-3-11(26(22,23)24)7-12(14)15(20)19-13;/h3-4,7-10H,5-6H2,1-2H3,(H,22,23,24);. The van der Waals surface area contributed by atoms with Gasteiger partial charge in [-0.15, -0.1) is 0 Å². The fourth-order valence-corrected chi connectivity index (χ4v) is 3.45. The summed E-state index contributed by atoms with van der Waals surface area (Å²) >= 11 is 0. The van der Waals surface area contributed by atoms with E-state index in [0.29, 0.717) is 41.8 Å². The predicted molar refractivity (Wildman–Crippen MR) is 98.1 cm³/mol. The molecule has 1 aromatic carbocycles. The van der Waals surface area contributed by atoms with Crippen molar-refractivity contribution in [3.8, 4) is 28.7 Å². The van der Waals surface area contributed by atoms with E-state index in [1.807, 2.05) is 24.6 Å². The third kappa shape index (κ3) is 3.67. The molecule has 0 atom stereocenters. The molecule has 0 fully saturated rings. The molecule has 0 saturated carbocycles. The topological polar surface area (TPSA) is 112 Å². The summed E-state index contributed by atoms with van der Waals surface area (Å²) in [6.07, 6.45) is 3.32. The number of nitrogens with zero attached hydrogens (tertiary/aromatic N) is 5. The van der Waals surface area contributed by atoms with Crippen LogP contribution in [0.5, 0.6) is 5.75 Å². The molecule has 3 aromatic rings. The van der Waals surface area contributed by atoms with Crippen LogP contribution in [0.1, 0.15) is 19.9 Å². The quantitative estimate of drug-likeness (QED) is 0.527. The van der Waals surface area contributed by atoms with Crippen LogP contribution in [0.4, 0.5) is 0 Å². The van der Waals surface area contributed by atoms with Gasteiger partial charge in [0, 0.05) is 41.8 Å². The van der Waals surface area contributed by atoms with Crippen molar-refractivity contribution in [3.05, 3.63) is 30.7 Å². The van der Waals surface area contributed by atoms with Crippen molar-refractivity contribution in [3.63, 3.8) is 0 Å². The van der Waals surface area contributed by atoms with Gasteiger partial charge in [-0.2, -0.15) is 13.5 Å². The summed E-state index contributed by atoms with van der Waals surface area (Å²) < 4.78 is 41.7. The van der Waals surface area contributed by atoms with Crippen LogP contribution in [0.2, 0.25) is 0 Å². The van der Waals surface area contributed by atoms with Crippen LogP contribution >= 0.6 is 0 Å². The normalized spacial score (nSPS) is 13.3. The van der Waals surface area contributed by atoms with Gasteiger partial charge in [0.15, 0.2) is 5.82 Å². The van der Waals surface area contributed by atoms with E-state index in [2.05, 4.69) is 15.1 Å². The minimum absolute atomic E-state index is 0. The molecule has 4 rings (SSSR count). The molecule has 3 heterocycles. The molecule has 2 aromatic heterocycles. The van der Waals surface area contributed by atoms with Gasteiger partial charge < -0.3 is 9.30 Å². The van der Waals surface area contributed by atoms with Crippen molar-refractivity contribution in [2.45, 2.75) is 31.3 Å². The van der Waals surface area contributed by atoms with Gasteiger partial charge in [0.2, 0.25) is 0 Å². The van der Waals surface area contributed by atoms with Gasteiger partial charge in [-0.25, -0.2) is 14.6 Å². The second-order valence-corrected chi connectivity index (χ2v) is 7.67. The first-order valence-corrected chi connectivity index (χ1v) is 9.50. The molecule has 11 heteroatoms. The summed E-state index contributed by atoms with van der Waals surface area (Å²) in [4.78, 5) is 8.73. The Balaban J connectivity index is 0.00000210.